The van der Waals surface area contributed by atoms with E-state index in [4.69, 9.17) is 9.84 Å². The predicted octanol–water partition coefficient (Wildman–Crippen LogP) is 1.44. The van der Waals surface area contributed by atoms with Crippen molar-refractivity contribution in [2.45, 2.75) is 20.3 Å². The quantitative estimate of drug-likeness (QED) is 0.486. The topological polar surface area (TPSA) is 46.5 Å². The molecular formula is C8H14O3. The molecule has 0 rings (SSSR count). The number of hydrogen-bond acceptors (Lipinski definition) is 2. The SMILES string of the molecule is CCOC/C=C(\CC)C(=O)O. The minimum absolute atomic E-state index is 0.395. The molecule has 0 heterocycles. The fourth-order valence-corrected chi connectivity index (χ4v) is 0.660. The van der Waals surface area contributed by atoms with Crippen LogP contribution in [0.5, 0.6) is 0 Å². The molecule has 0 saturated heterocycles. The van der Waals surface area contributed by atoms with Gasteiger partial charge in [0.1, 0.15) is 0 Å². The van der Waals surface area contributed by atoms with Gasteiger partial charge in [-0.2, -0.15) is 0 Å². The highest BCUT2D eigenvalue weighted by Crippen LogP contribution is 1.99. The highest BCUT2D eigenvalue weighted by Gasteiger charge is 2.01. The standard InChI is InChI=1S/C8H14O3/c1-3-7(8(9)10)5-6-11-4-2/h5H,3-4,6H2,1-2H3,(H,9,10)/b7-5+. The smallest absolute Gasteiger partial charge is 0.331 e. The molecule has 0 aliphatic rings. The molecule has 0 fully saturated rings. The van der Waals surface area contributed by atoms with Crippen molar-refractivity contribution in [3.8, 4) is 0 Å². The van der Waals surface area contributed by atoms with Gasteiger partial charge in [0.15, 0.2) is 0 Å². The summed E-state index contributed by atoms with van der Waals surface area (Å²) in [5, 5.41) is 8.55. The first-order valence-corrected chi connectivity index (χ1v) is 3.72. The number of carbonyl (C=O) groups is 1. The van der Waals surface area contributed by atoms with Gasteiger partial charge in [0.25, 0.3) is 0 Å². The highest BCUT2D eigenvalue weighted by molar-refractivity contribution is 5.86. The molecule has 11 heavy (non-hydrogen) atoms. The van der Waals surface area contributed by atoms with Crippen LogP contribution in [0.3, 0.4) is 0 Å². The van der Waals surface area contributed by atoms with Gasteiger partial charge < -0.3 is 9.84 Å². The molecule has 1 N–H and O–H groups in total. The van der Waals surface area contributed by atoms with E-state index in [1.54, 1.807) is 6.08 Å². The Hall–Kier alpha value is -0.830. The van der Waals surface area contributed by atoms with Gasteiger partial charge in [0.2, 0.25) is 0 Å². The largest absolute Gasteiger partial charge is 0.478 e. The lowest BCUT2D eigenvalue weighted by Gasteiger charge is -1.97. The lowest BCUT2D eigenvalue weighted by molar-refractivity contribution is -0.132. The summed E-state index contributed by atoms with van der Waals surface area (Å²) in [6.07, 6.45) is 2.15. The number of hydrogen-bond donors (Lipinski definition) is 1. The molecule has 0 bridgehead atoms. The van der Waals surface area contributed by atoms with E-state index in [1.165, 1.54) is 0 Å². The lowest BCUT2D eigenvalue weighted by Crippen LogP contribution is -2.01. The van der Waals surface area contributed by atoms with Gasteiger partial charge >= 0.3 is 5.97 Å². The average Bonchev–Trinajstić information content (AvgIpc) is 1.97. The van der Waals surface area contributed by atoms with Crippen molar-refractivity contribution in [3.05, 3.63) is 11.6 Å². The van der Waals surface area contributed by atoms with E-state index in [1.807, 2.05) is 13.8 Å². The van der Waals surface area contributed by atoms with Crippen LogP contribution in [-0.4, -0.2) is 24.3 Å². The summed E-state index contributed by atoms with van der Waals surface area (Å²) in [7, 11) is 0. The summed E-state index contributed by atoms with van der Waals surface area (Å²) < 4.78 is 4.98. The van der Waals surface area contributed by atoms with Crippen molar-refractivity contribution in [2.24, 2.45) is 0 Å². The third-order valence-electron chi connectivity index (χ3n) is 1.31. The van der Waals surface area contributed by atoms with Crippen molar-refractivity contribution in [3.63, 3.8) is 0 Å². The molecule has 0 saturated carbocycles. The Balaban J connectivity index is 3.81. The van der Waals surface area contributed by atoms with Crippen LogP contribution in [0.15, 0.2) is 11.6 Å². The van der Waals surface area contributed by atoms with E-state index in [0.29, 0.717) is 25.2 Å². The molecular weight excluding hydrogens is 144 g/mol. The molecule has 0 aromatic heterocycles. The molecule has 0 aromatic rings. The van der Waals surface area contributed by atoms with Crippen molar-refractivity contribution >= 4 is 5.97 Å². The first-order valence-electron chi connectivity index (χ1n) is 3.72. The van der Waals surface area contributed by atoms with Gasteiger partial charge in [-0.15, -0.1) is 0 Å². The molecule has 0 aliphatic heterocycles. The maximum absolute atomic E-state index is 10.4. The summed E-state index contributed by atoms with van der Waals surface area (Å²) in [5.41, 5.74) is 0.415. The highest BCUT2D eigenvalue weighted by atomic mass is 16.5. The van der Waals surface area contributed by atoms with E-state index in [9.17, 15) is 4.79 Å². The molecule has 0 amide bonds. The van der Waals surface area contributed by atoms with Crippen LogP contribution in [0.4, 0.5) is 0 Å². The number of carboxylic acid groups (broad SMARTS) is 1. The summed E-state index contributed by atoms with van der Waals surface area (Å²) in [5.74, 6) is -0.854. The third-order valence-corrected chi connectivity index (χ3v) is 1.31. The van der Waals surface area contributed by atoms with Crippen molar-refractivity contribution in [2.75, 3.05) is 13.2 Å². The zero-order valence-electron chi connectivity index (χ0n) is 6.96. The van der Waals surface area contributed by atoms with E-state index < -0.39 is 5.97 Å². The third kappa shape index (κ3) is 4.56. The van der Waals surface area contributed by atoms with Gasteiger partial charge in [-0.1, -0.05) is 6.92 Å². The molecule has 3 nitrogen and oxygen atoms in total. The molecule has 64 valence electrons. The number of rotatable bonds is 5. The van der Waals surface area contributed by atoms with Crippen LogP contribution in [0, 0.1) is 0 Å². The Morgan fingerprint density at radius 1 is 1.55 bits per heavy atom. The van der Waals surface area contributed by atoms with Crippen molar-refractivity contribution < 1.29 is 14.6 Å². The zero-order valence-corrected chi connectivity index (χ0v) is 6.96. The minimum atomic E-state index is -0.854. The van der Waals surface area contributed by atoms with Gasteiger partial charge in [-0.25, -0.2) is 4.79 Å². The Kier molecular flexibility index (Phi) is 5.47. The number of aliphatic carboxylic acids is 1. The van der Waals surface area contributed by atoms with E-state index in [0.717, 1.165) is 0 Å². The Labute approximate surface area is 66.7 Å². The van der Waals surface area contributed by atoms with Gasteiger partial charge in [0, 0.05) is 12.2 Å². The van der Waals surface area contributed by atoms with E-state index >= 15 is 0 Å². The van der Waals surface area contributed by atoms with Crippen molar-refractivity contribution in [1.82, 2.24) is 0 Å². The molecule has 0 aliphatic carbocycles. The number of ether oxygens (including phenoxy) is 1. The monoisotopic (exact) mass is 158 g/mol. The fourth-order valence-electron chi connectivity index (χ4n) is 0.660. The normalized spacial score (nSPS) is 11.6. The zero-order chi connectivity index (χ0) is 8.69. The van der Waals surface area contributed by atoms with Crippen molar-refractivity contribution in [1.29, 1.82) is 0 Å². The molecule has 3 heteroatoms. The van der Waals surface area contributed by atoms with Crippen LogP contribution in [0.25, 0.3) is 0 Å². The van der Waals surface area contributed by atoms with Gasteiger partial charge in [-0.3, -0.25) is 0 Å². The average molecular weight is 158 g/mol. The van der Waals surface area contributed by atoms with Crippen LogP contribution >= 0.6 is 0 Å². The molecule has 0 atom stereocenters. The summed E-state index contributed by atoms with van der Waals surface area (Å²) in [4.78, 5) is 10.4. The summed E-state index contributed by atoms with van der Waals surface area (Å²) in [6, 6.07) is 0. The molecule has 0 spiro atoms. The van der Waals surface area contributed by atoms with Crippen LogP contribution < -0.4 is 0 Å². The second-order valence-corrected chi connectivity index (χ2v) is 2.05. The second kappa shape index (κ2) is 5.92. The van der Waals surface area contributed by atoms with Crippen LogP contribution in [0.2, 0.25) is 0 Å². The molecule has 0 unspecified atom stereocenters. The summed E-state index contributed by atoms with van der Waals surface area (Å²) in [6.45, 7) is 4.70. The van der Waals surface area contributed by atoms with E-state index in [-0.39, 0.29) is 0 Å². The Morgan fingerprint density at radius 2 is 2.18 bits per heavy atom. The predicted molar refractivity (Wildman–Crippen MR) is 42.5 cm³/mol. The Morgan fingerprint density at radius 3 is 2.55 bits per heavy atom. The maximum atomic E-state index is 10.4. The van der Waals surface area contributed by atoms with Gasteiger partial charge in [-0.05, 0) is 19.4 Å². The first kappa shape index (κ1) is 10.2. The summed E-state index contributed by atoms with van der Waals surface area (Å²) >= 11 is 0. The van der Waals surface area contributed by atoms with Crippen LogP contribution in [0.1, 0.15) is 20.3 Å². The molecule has 0 radical (unpaired) electrons. The second-order valence-electron chi connectivity index (χ2n) is 2.05. The fraction of sp³-hybridized carbons (Fsp3) is 0.625. The van der Waals surface area contributed by atoms with Crippen LogP contribution in [-0.2, 0) is 9.53 Å². The maximum Gasteiger partial charge on any atom is 0.331 e. The molecule has 0 aromatic carbocycles. The lowest BCUT2D eigenvalue weighted by atomic mass is 10.2. The first-order chi connectivity index (χ1) is 5.22. The Bertz CT molecular complexity index is 149. The minimum Gasteiger partial charge on any atom is -0.478 e. The van der Waals surface area contributed by atoms with Gasteiger partial charge in [0.05, 0.1) is 6.61 Å². The van der Waals surface area contributed by atoms with E-state index in [2.05, 4.69) is 0 Å². The number of carboxylic acids is 1.